The fraction of sp³-hybridized carbons (Fsp3) is 0.357. The molecule has 0 radical (unpaired) electrons. The minimum atomic E-state index is 0.522. The second-order valence-corrected chi connectivity index (χ2v) is 4.95. The van der Waals surface area contributed by atoms with Crippen molar-refractivity contribution in [2.45, 2.75) is 25.4 Å². The van der Waals surface area contributed by atoms with Gasteiger partial charge in [-0.3, -0.25) is 4.98 Å². The van der Waals surface area contributed by atoms with Crippen LogP contribution in [0.25, 0.3) is 0 Å². The van der Waals surface area contributed by atoms with Crippen LogP contribution in [-0.2, 0) is 6.42 Å². The van der Waals surface area contributed by atoms with Crippen molar-refractivity contribution in [2.24, 2.45) is 0 Å². The molecule has 0 fully saturated rings. The number of ether oxygens (including phenoxy) is 1. The monoisotopic (exact) mass is 290 g/mol. The summed E-state index contributed by atoms with van der Waals surface area (Å²) in [5.74, 6) is 2.00. The average Bonchev–Trinajstić information content (AvgIpc) is 2.48. The molecule has 2 aromatic rings. The number of hydrogen-bond donors (Lipinski definition) is 1. The van der Waals surface area contributed by atoms with Gasteiger partial charge < -0.3 is 10.1 Å². The van der Waals surface area contributed by atoms with Crippen molar-refractivity contribution < 1.29 is 4.74 Å². The van der Waals surface area contributed by atoms with Crippen molar-refractivity contribution in [3.63, 3.8) is 0 Å². The van der Waals surface area contributed by atoms with Crippen molar-refractivity contribution in [3.8, 4) is 11.6 Å². The van der Waals surface area contributed by atoms with Crippen LogP contribution in [-0.4, -0.2) is 28.3 Å². The van der Waals surface area contributed by atoms with Crippen LogP contribution < -0.4 is 10.1 Å². The quantitative estimate of drug-likeness (QED) is 0.673. The van der Waals surface area contributed by atoms with E-state index in [4.69, 9.17) is 4.74 Å². The standard InChI is InChI=1S/C14H18N4OS/c1-5-10-11(7-6-9(2)16-10)19-13-8-12(15-3)17-14(18-13)20-4/h6-8H,5H2,1-4H3,(H,15,17,18). The molecule has 6 heteroatoms. The first-order valence-electron chi connectivity index (χ1n) is 6.41. The van der Waals surface area contributed by atoms with Gasteiger partial charge in [0.25, 0.3) is 0 Å². The van der Waals surface area contributed by atoms with Crippen molar-refractivity contribution in [3.05, 3.63) is 29.6 Å². The minimum absolute atomic E-state index is 0.522. The summed E-state index contributed by atoms with van der Waals surface area (Å²) in [6, 6.07) is 5.64. The Morgan fingerprint density at radius 1 is 1.25 bits per heavy atom. The van der Waals surface area contributed by atoms with Crippen LogP contribution in [0.3, 0.4) is 0 Å². The van der Waals surface area contributed by atoms with Crippen molar-refractivity contribution >= 4 is 17.6 Å². The van der Waals surface area contributed by atoms with Gasteiger partial charge in [0, 0.05) is 18.8 Å². The highest BCUT2D eigenvalue weighted by molar-refractivity contribution is 7.98. The second-order valence-electron chi connectivity index (χ2n) is 4.18. The number of pyridine rings is 1. The van der Waals surface area contributed by atoms with Gasteiger partial charge in [0.15, 0.2) is 10.9 Å². The highest BCUT2D eigenvalue weighted by atomic mass is 32.2. The molecule has 0 aliphatic carbocycles. The van der Waals surface area contributed by atoms with Gasteiger partial charge in [-0.1, -0.05) is 18.7 Å². The van der Waals surface area contributed by atoms with E-state index in [-0.39, 0.29) is 0 Å². The Hall–Kier alpha value is -1.82. The van der Waals surface area contributed by atoms with Crippen LogP contribution in [0, 0.1) is 6.92 Å². The molecule has 2 aromatic heterocycles. The smallest absolute Gasteiger partial charge is 0.225 e. The zero-order chi connectivity index (χ0) is 14.5. The summed E-state index contributed by atoms with van der Waals surface area (Å²) in [6.45, 7) is 4.03. The molecule has 0 aromatic carbocycles. The van der Waals surface area contributed by atoms with E-state index < -0.39 is 0 Å². The Morgan fingerprint density at radius 2 is 2.05 bits per heavy atom. The third-order valence-corrected chi connectivity index (χ3v) is 3.29. The molecular weight excluding hydrogens is 272 g/mol. The predicted octanol–water partition coefficient (Wildman–Crippen LogP) is 3.30. The molecule has 0 spiro atoms. The van der Waals surface area contributed by atoms with E-state index in [0.29, 0.717) is 11.0 Å². The summed E-state index contributed by atoms with van der Waals surface area (Å²) in [4.78, 5) is 13.2. The zero-order valence-corrected chi connectivity index (χ0v) is 12.9. The maximum atomic E-state index is 5.87. The van der Waals surface area contributed by atoms with Crippen molar-refractivity contribution in [1.29, 1.82) is 0 Å². The van der Waals surface area contributed by atoms with Gasteiger partial charge in [0.1, 0.15) is 5.82 Å². The molecule has 0 aliphatic rings. The molecule has 1 N–H and O–H groups in total. The topological polar surface area (TPSA) is 59.9 Å². The van der Waals surface area contributed by atoms with Gasteiger partial charge in [-0.25, -0.2) is 4.98 Å². The summed E-state index contributed by atoms with van der Waals surface area (Å²) in [5, 5.41) is 3.68. The first-order chi connectivity index (χ1) is 9.66. The van der Waals surface area contributed by atoms with Crippen molar-refractivity contribution in [1.82, 2.24) is 15.0 Å². The summed E-state index contributed by atoms with van der Waals surface area (Å²) in [5.41, 5.74) is 1.91. The molecule has 0 amide bonds. The summed E-state index contributed by atoms with van der Waals surface area (Å²) < 4.78 is 5.87. The van der Waals surface area contributed by atoms with Gasteiger partial charge in [0.2, 0.25) is 5.88 Å². The van der Waals surface area contributed by atoms with Gasteiger partial charge in [-0.15, -0.1) is 0 Å². The number of hydrogen-bond acceptors (Lipinski definition) is 6. The molecule has 20 heavy (non-hydrogen) atoms. The predicted molar refractivity (Wildman–Crippen MR) is 81.8 cm³/mol. The first kappa shape index (κ1) is 14.6. The van der Waals surface area contributed by atoms with E-state index in [2.05, 4.69) is 27.2 Å². The number of nitrogens with one attached hydrogen (secondary N) is 1. The van der Waals surface area contributed by atoms with Gasteiger partial charge in [0.05, 0.1) is 5.69 Å². The Morgan fingerprint density at radius 3 is 2.70 bits per heavy atom. The van der Waals surface area contributed by atoms with E-state index in [1.54, 1.807) is 6.07 Å². The molecular formula is C14H18N4OS. The third-order valence-electron chi connectivity index (χ3n) is 2.74. The maximum Gasteiger partial charge on any atom is 0.225 e. The highest BCUT2D eigenvalue weighted by Gasteiger charge is 2.09. The lowest BCUT2D eigenvalue weighted by Crippen LogP contribution is -2.00. The van der Waals surface area contributed by atoms with E-state index in [1.807, 2.05) is 32.4 Å². The SMILES string of the molecule is CCc1nc(C)ccc1Oc1cc(NC)nc(SC)n1. The molecule has 0 bridgehead atoms. The molecule has 0 unspecified atom stereocenters. The van der Waals surface area contributed by atoms with Crippen LogP contribution in [0.4, 0.5) is 5.82 Å². The Bertz CT molecular complexity index is 581. The van der Waals surface area contributed by atoms with Crippen LogP contribution in [0.2, 0.25) is 0 Å². The summed E-state index contributed by atoms with van der Waals surface area (Å²) >= 11 is 1.48. The normalized spacial score (nSPS) is 10.4. The largest absolute Gasteiger partial charge is 0.437 e. The lowest BCUT2D eigenvalue weighted by Gasteiger charge is -2.11. The minimum Gasteiger partial charge on any atom is -0.437 e. The van der Waals surface area contributed by atoms with Gasteiger partial charge >= 0.3 is 0 Å². The zero-order valence-electron chi connectivity index (χ0n) is 12.1. The number of nitrogens with zero attached hydrogens (tertiary/aromatic N) is 3. The van der Waals surface area contributed by atoms with Crippen LogP contribution >= 0.6 is 11.8 Å². The number of aryl methyl sites for hydroxylation is 2. The Balaban J connectivity index is 2.34. The molecule has 0 saturated heterocycles. The first-order valence-corrected chi connectivity index (χ1v) is 7.64. The van der Waals surface area contributed by atoms with Crippen LogP contribution in [0.15, 0.2) is 23.4 Å². The third kappa shape index (κ3) is 3.39. The molecule has 0 atom stereocenters. The Labute approximate surface area is 123 Å². The summed E-state index contributed by atoms with van der Waals surface area (Å²) in [6.07, 6.45) is 2.75. The highest BCUT2D eigenvalue weighted by Crippen LogP contribution is 2.26. The van der Waals surface area contributed by atoms with Crippen LogP contribution in [0.5, 0.6) is 11.6 Å². The summed E-state index contributed by atoms with van der Waals surface area (Å²) in [7, 11) is 1.82. The number of rotatable bonds is 5. The molecule has 2 rings (SSSR count). The van der Waals surface area contributed by atoms with E-state index in [0.717, 1.165) is 29.4 Å². The molecule has 106 valence electrons. The molecule has 0 saturated carbocycles. The Kier molecular flexibility index (Phi) is 4.79. The average molecular weight is 290 g/mol. The van der Waals surface area contributed by atoms with Crippen LogP contribution in [0.1, 0.15) is 18.3 Å². The van der Waals surface area contributed by atoms with Crippen molar-refractivity contribution in [2.75, 3.05) is 18.6 Å². The molecule has 5 nitrogen and oxygen atoms in total. The fourth-order valence-corrected chi connectivity index (χ4v) is 2.10. The molecule has 0 aliphatic heterocycles. The van der Waals surface area contributed by atoms with E-state index >= 15 is 0 Å². The number of anilines is 1. The maximum absolute atomic E-state index is 5.87. The van der Waals surface area contributed by atoms with E-state index in [1.165, 1.54) is 11.8 Å². The number of aromatic nitrogens is 3. The lowest BCUT2D eigenvalue weighted by molar-refractivity contribution is 0.447. The van der Waals surface area contributed by atoms with E-state index in [9.17, 15) is 0 Å². The lowest BCUT2D eigenvalue weighted by atomic mass is 10.2. The second kappa shape index (κ2) is 6.56. The number of thioether (sulfide) groups is 1. The molecule has 2 heterocycles. The van der Waals surface area contributed by atoms with Gasteiger partial charge in [-0.05, 0) is 31.7 Å². The fourth-order valence-electron chi connectivity index (χ4n) is 1.73. The van der Waals surface area contributed by atoms with Gasteiger partial charge in [-0.2, -0.15) is 4.98 Å².